The van der Waals surface area contributed by atoms with Crippen molar-refractivity contribution in [2.45, 2.75) is 58.8 Å². The molecule has 19 heavy (non-hydrogen) atoms. The smallest absolute Gasteiger partial charge is 0.0198 e. The summed E-state index contributed by atoms with van der Waals surface area (Å²) in [6.45, 7) is 12.2. The molecule has 0 bridgehead atoms. The number of hydrogen-bond acceptors (Lipinski definition) is 2. The third-order valence-corrected chi connectivity index (χ3v) is 5.20. The molecule has 0 aromatic heterocycles. The number of likely N-dealkylation sites (N-methyl/N-ethyl adjacent to an activating group) is 1. The second-order valence-electron chi connectivity index (χ2n) is 5.43. The van der Waals surface area contributed by atoms with Gasteiger partial charge in [0.15, 0.2) is 0 Å². The summed E-state index contributed by atoms with van der Waals surface area (Å²) in [5.74, 6) is 1.20. The summed E-state index contributed by atoms with van der Waals surface area (Å²) in [4.78, 5) is 0. The Morgan fingerprint density at radius 2 is 1.89 bits per heavy atom. The first-order valence-electron chi connectivity index (χ1n) is 7.47. The highest BCUT2D eigenvalue weighted by Crippen LogP contribution is 2.17. The van der Waals surface area contributed by atoms with Gasteiger partial charge in [0.2, 0.25) is 0 Å². The Labute approximate surface area is 123 Å². The van der Waals surface area contributed by atoms with Crippen LogP contribution in [-0.4, -0.2) is 23.6 Å². The Morgan fingerprint density at radius 1 is 1.16 bits per heavy atom. The summed E-state index contributed by atoms with van der Waals surface area (Å²) in [6.07, 6.45) is 2.39. The molecule has 0 aliphatic rings. The van der Waals surface area contributed by atoms with Crippen molar-refractivity contribution < 1.29 is 0 Å². The maximum Gasteiger partial charge on any atom is 0.0198 e. The molecule has 0 amide bonds. The first kappa shape index (κ1) is 16.6. The molecule has 1 N–H and O–H groups in total. The van der Waals surface area contributed by atoms with Crippen LogP contribution >= 0.6 is 11.8 Å². The third kappa shape index (κ3) is 6.01. The van der Waals surface area contributed by atoms with E-state index in [1.807, 2.05) is 0 Å². The SMILES string of the molecule is CCNC(CSC(C)CC)Cc1ccc(C)c(C)c1. The molecule has 0 saturated carbocycles. The molecule has 1 nitrogen and oxygen atoms in total. The number of aryl methyl sites for hydroxylation is 2. The normalized spacial score (nSPS) is 14.4. The van der Waals surface area contributed by atoms with E-state index < -0.39 is 0 Å². The summed E-state index contributed by atoms with van der Waals surface area (Å²) >= 11 is 2.09. The van der Waals surface area contributed by atoms with Crippen LogP contribution in [0.15, 0.2) is 18.2 Å². The molecule has 2 atom stereocenters. The Balaban J connectivity index is 2.58. The average molecular weight is 279 g/mol. The minimum absolute atomic E-state index is 0.589. The Morgan fingerprint density at radius 3 is 2.47 bits per heavy atom. The fourth-order valence-corrected chi connectivity index (χ4v) is 3.12. The third-order valence-electron chi connectivity index (χ3n) is 3.70. The van der Waals surface area contributed by atoms with Gasteiger partial charge in [0.1, 0.15) is 0 Å². The zero-order chi connectivity index (χ0) is 14.3. The standard InChI is InChI=1S/C17H29NS/c1-6-15(5)19-12-17(18-7-2)11-16-9-8-13(3)14(4)10-16/h8-10,15,17-18H,6-7,11-12H2,1-5H3. The zero-order valence-corrected chi connectivity index (χ0v) is 13.9. The van der Waals surface area contributed by atoms with E-state index in [-0.39, 0.29) is 0 Å². The number of nitrogens with one attached hydrogen (secondary N) is 1. The molecule has 0 fully saturated rings. The predicted octanol–water partition coefficient (Wildman–Crippen LogP) is 4.36. The van der Waals surface area contributed by atoms with Crippen LogP contribution in [0.5, 0.6) is 0 Å². The van der Waals surface area contributed by atoms with Crippen molar-refractivity contribution in [1.82, 2.24) is 5.32 Å². The van der Waals surface area contributed by atoms with Gasteiger partial charge in [-0.2, -0.15) is 11.8 Å². The number of hydrogen-bond donors (Lipinski definition) is 1. The molecule has 2 heteroatoms. The molecule has 0 aliphatic heterocycles. The molecule has 2 unspecified atom stereocenters. The van der Waals surface area contributed by atoms with Crippen LogP contribution in [-0.2, 0) is 6.42 Å². The minimum atomic E-state index is 0.589. The Kier molecular flexibility index (Phi) is 7.55. The van der Waals surface area contributed by atoms with Crippen molar-refractivity contribution >= 4 is 11.8 Å². The van der Waals surface area contributed by atoms with Crippen molar-refractivity contribution in [2.24, 2.45) is 0 Å². The molecular weight excluding hydrogens is 250 g/mol. The molecule has 0 heterocycles. The van der Waals surface area contributed by atoms with E-state index in [4.69, 9.17) is 0 Å². The lowest BCUT2D eigenvalue weighted by molar-refractivity contribution is 0.571. The van der Waals surface area contributed by atoms with E-state index in [0.29, 0.717) is 6.04 Å². The molecule has 0 spiro atoms. The largest absolute Gasteiger partial charge is 0.313 e. The van der Waals surface area contributed by atoms with Gasteiger partial charge in [-0.1, -0.05) is 39.0 Å². The number of rotatable bonds is 8. The van der Waals surface area contributed by atoms with Gasteiger partial charge >= 0.3 is 0 Å². The van der Waals surface area contributed by atoms with Gasteiger partial charge in [-0.3, -0.25) is 0 Å². The molecular formula is C17H29NS. The number of benzene rings is 1. The topological polar surface area (TPSA) is 12.0 Å². The fraction of sp³-hybridized carbons (Fsp3) is 0.647. The molecule has 1 aromatic rings. The molecule has 0 radical (unpaired) electrons. The van der Waals surface area contributed by atoms with Crippen molar-refractivity contribution in [2.75, 3.05) is 12.3 Å². The molecule has 0 saturated heterocycles. The lowest BCUT2D eigenvalue weighted by Crippen LogP contribution is -2.33. The van der Waals surface area contributed by atoms with E-state index in [0.717, 1.165) is 18.2 Å². The van der Waals surface area contributed by atoms with Gasteiger partial charge in [-0.25, -0.2) is 0 Å². The summed E-state index contributed by atoms with van der Waals surface area (Å²) in [5.41, 5.74) is 4.25. The van der Waals surface area contributed by atoms with Crippen molar-refractivity contribution in [3.8, 4) is 0 Å². The van der Waals surface area contributed by atoms with E-state index in [9.17, 15) is 0 Å². The fourth-order valence-electron chi connectivity index (χ4n) is 2.09. The summed E-state index contributed by atoms with van der Waals surface area (Å²) in [5, 5.41) is 4.39. The number of thioether (sulfide) groups is 1. The van der Waals surface area contributed by atoms with Gasteiger partial charge < -0.3 is 5.32 Å². The first-order valence-corrected chi connectivity index (χ1v) is 8.52. The van der Waals surface area contributed by atoms with Crippen LogP contribution in [0.2, 0.25) is 0 Å². The Hall–Kier alpha value is -0.470. The predicted molar refractivity (Wildman–Crippen MR) is 89.3 cm³/mol. The summed E-state index contributed by atoms with van der Waals surface area (Å²) in [6, 6.07) is 7.45. The highest BCUT2D eigenvalue weighted by Gasteiger charge is 2.11. The van der Waals surface area contributed by atoms with Crippen LogP contribution in [0.4, 0.5) is 0 Å². The molecule has 108 valence electrons. The van der Waals surface area contributed by atoms with E-state index in [1.54, 1.807) is 0 Å². The van der Waals surface area contributed by atoms with Gasteiger partial charge in [-0.05, 0) is 49.9 Å². The lowest BCUT2D eigenvalue weighted by atomic mass is 10.0. The summed E-state index contributed by atoms with van der Waals surface area (Å²) < 4.78 is 0. The first-order chi connectivity index (χ1) is 9.06. The molecule has 1 rings (SSSR count). The maximum absolute atomic E-state index is 3.62. The van der Waals surface area contributed by atoms with Gasteiger partial charge in [0.05, 0.1) is 0 Å². The van der Waals surface area contributed by atoms with Gasteiger partial charge in [0.25, 0.3) is 0 Å². The highest BCUT2D eigenvalue weighted by molar-refractivity contribution is 7.99. The van der Waals surface area contributed by atoms with Crippen molar-refractivity contribution in [3.05, 3.63) is 34.9 Å². The van der Waals surface area contributed by atoms with Crippen LogP contribution in [0.25, 0.3) is 0 Å². The van der Waals surface area contributed by atoms with Crippen LogP contribution in [0.3, 0.4) is 0 Å². The maximum atomic E-state index is 3.62. The highest BCUT2D eigenvalue weighted by atomic mass is 32.2. The second-order valence-corrected chi connectivity index (χ2v) is 6.90. The zero-order valence-electron chi connectivity index (χ0n) is 13.1. The molecule has 0 aliphatic carbocycles. The van der Waals surface area contributed by atoms with Crippen LogP contribution in [0, 0.1) is 13.8 Å². The Bertz CT molecular complexity index is 376. The lowest BCUT2D eigenvalue weighted by Gasteiger charge is -2.20. The quantitative estimate of drug-likeness (QED) is 0.759. The summed E-state index contributed by atoms with van der Waals surface area (Å²) in [7, 11) is 0. The van der Waals surface area contributed by atoms with E-state index in [2.05, 4.69) is 69.9 Å². The second kappa shape index (κ2) is 8.65. The van der Waals surface area contributed by atoms with Crippen LogP contribution < -0.4 is 5.32 Å². The average Bonchev–Trinajstić information content (AvgIpc) is 2.40. The van der Waals surface area contributed by atoms with E-state index in [1.165, 1.54) is 28.9 Å². The van der Waals surface area contributed by atoms with Gasteiger partial charge in [-0.15, -0.1) is 0 Å². The van der Waals surface area contributed by atoms with Crippen molar-refractivity contribution in [1.29, 1.82) is 0 Å². The van der Waals surface area contributed by atoms with Gasteiger partial charge in [0, 0.05) is 17.0 Å². The van der Waals surface area contributed by atoms with E-state index >= 15 is 0 Å². The van der Waals surface area contributed by atoms with Crippen LogP contribution in [0.1, 0.15) is 43.9 Å². The molecule has 1 aromatic carbocycles. The van der Waals surface area contributed by atoms with Crippen molar-refractivity contribution in [3.63, 3.8) is 0 Å². The minimum Gasteiger partial charge on any atom is -0.313 e. The monoisotopic (exact) mass is 279 g/mol.